The van der Waals surface area contributed by atoms with E-state index < -0.39 is 10.0 Å². The monoisotopic (exact) mass is 449 g/mol. The molecule has 3 aromatic rings. The summed E-state index contributed by atoms with van der Waals surface area (Å²) in [6.07, 6.45) is 4.17. The van der Waals surface area contributed by atoms with E-state index in [2.05, 4.69) is 18.0 Å². The molecule has 0 unspecified atom stereocenters. The van der Waals surface area contributed by atoms with E-state index in [0.29, 0.717) is 29.2 Å². The Bertz CT molecular complexity index is 1280. The highest BCUT2D eigenvalue weighted by Crippen LogP contribution is 2.28. The Kier molecular flexibility index (Phi) is 7.14. The number of nitriles is 2. The van der Waals surface area contributed by atoms with Crippen molar-refractivity contribution in [2.45, 2.75) is 37.6 Å². The molecule has 0 aliphatic heterocycles. The normalized spacial score (nSPS) is 10.9. The third-order valence-corrected chi connectivity index (χ3v) is 6.33. The van der Waals surface area contributed by atoms with Gasteiger partial charge in [-0.2, -0.15) is 15.5 Å². The second kappa shape index (κ2) is 9.99. The summed E-state index contributed by atoms with van der Waals surface area (Å²) in [5.74, 6) is 1.11. The largest absolute Gasteiger partial charge is 0.479 e. The van der Waals surface area contributed by atoms with Gasteiger partial charge in [0.05, 0.1) is 18.6 Å². The summed E-state index contributed by atoms with van der Waals surface area (Å²) in [6, 6.07) is 16.1. The lowest BCUT2D eigenvalue weighted by Gasteiger charge is -2.12. The fourth-order valence-corrected chi connectivity index (χ4v) is 4.41. The lowest BCUT2D eigenvalue weighted by molar-refractivity contribution is 0.397. The second-order valence-electron chi connectivity index (χ2n) is 7.10. The Morgan fingerprint density at radius 3 is 2.47 bits per heavy atom. The van der Waals surface area contributed by atoms with E-state index in [0.717, 1.165) is 30.7 Å². The Labute approximate surface area is 187 Å². The molecule has 0 fully saturated rings. The third kappa shape index (κ3) is 4.74. The van der Waals surface area contributed by atoms with E-state index in [4.69, 9.17) is 10.00 Å². The Morgan fingerprint density at radius 2 is 1.84 bits per heavy atom. The predicted molar refractivity (Wildman–Crippen MR) is 119 cm³/mol. The summed E-state index contributed by atoms with van der Waals surface area (Å²) in [7, 11) is -2.45. The molecule has 0 bridgehead atoms. The number of ether oxygens (including phenoxy) is 1. The first-order valence-corrected chi connectivity index (χ1v) is 11.6. The zero-order chi connectivity index (χ0) is 23.1. The molecular weight excluding hydrogens is 426 g/mol. The van der Waals surface area contributed by atoms with Crippen molar-refractivity contribution in [1.82, 2.24) is 14.3 Å². The van der Waals surface area contributed by atoms with Gasteiger partial charge in [-0.15, -0.1) is 0 Å². The fourth-order valence-electron chi connectivity index (χ4n) is 3.45. The molecule has 0 radical (unpaired) electrons. The Balaban J connectivity index is 1.95. The van der Waals surface area contributed by atoms with Crippen molar-refractivity contribution in [3.63, 3.8) is 0 Å². The van der Waals surface area contributed by atoms with Gasteiger partial charge in [0, 0.05) is 12.0 Å². The fraction of sp³-hybridized carbons (Fsp3) is 0.261. The van der Waals surface area contributed by atoms with E-state index in [1.165, 1.54) is 19.4 Å². The summed E-state index contributed by atoms with van der Waals surface area (Å²) in [4.78, 5) is 4.50. The van der Waals surface area contributed by atoms with Crippen LogP contribution >= 0.6 is 0 Å². The van der Waals surface area contributed by atoms with Gasteiger partial charge < -0.3 is 9.30 Å². The van der Waals surface area contributed by atoms with E-state index in [1.54, 1.807) is 18.2 Å². The summed E-state index contributed by atoms with van der Waals surface area (Å²) in [5.41, 5.74) is 2.50. The number of rotatable bonds is 9. The lowest BCUT2D eigenvalue weighted by Crippen LogP contribution is -2.18. The maximum Gasteiger partial charge on any atom is 0.270 e. The number of sulfonamides is 1. The molecule has 1 aromatic heterocycles. The average molecular weight is 450 g/mol. The number of hydrogen-bond acceptors (Lipinski definition) is 6. The molecule has 32 heavy (non-hydrogen) atoms. The van der Waals surface area contributed by atoms with E-state index in [9.17, 15) is 13.7 Å². The number of nitrogens with one attached hydrogen (secondary N) is 1. The van der Waals surface area contributed by atoms with Gasteiger partial charge in [-0.3, -0.25) is 0 Å². The number of methoxy groups -OCH3 is 1. The molecule has 0 amide bonds. The topological polar surface area (TPSA) is 121 Å². The molecule has 3 rings (SSSR count). The van der Waals surface area contributed by atoms with Crippen molar-refractivity contribution < 1.29 is 13.2 Å². The van der Waals surface area contributed by atoms with Crippen molar-refractivity contribution in [3.8, 4) is 29.3 Å². The SMILES string of the molecule is CCCCc1nc(OC)c(C#N)n1Cc1ccc(-c2ccccc2S(=O)(=O)NC#N)cc1. The van der Waals surface area contributed by atoms with Gasteiger partial charge in [-0.1, -0.05) is 55.8 Å². The molecule has 1 N–H and O–H groups in total. The zero-order valence-corrected chi connectivity index (χ0v) is 18.7. The number of aryl methyl sites for hydroxylation is 1. The molecule has 0 aliphatic carbocycles. The van der Waals surface area contributed by atoms with Gasteiger partial charge in [0.1, 0.15) is 11.9 Å². The minimum atomic E-state index is -3.94. The molecule has 1 heterocycles. The maximum absolute atomic E-state index is 12.4. The van der Waals surface area contributed by atoms with Crippen LogP contribution in [0.25, 0.3) is 11.1 Å². The van der Waals surface area contributed by atoms with E-state index in [-0.39, 0.29) is 4.90 Å². The number of imidazole rings is 1. The van der Waals surface area contributed by atoms with Crippen LogP contribution in [0.2, 0.25) is 0 Å². The van der Waals surface area contributed by atoms with Gasteiger partial charge >= 0.3 is 0 Å². The highest BCUT2D eigenvalue weighted by Gasteiger charge is 2.20. The number of hydrogen-bond donors (Lipinski definition) is 1. The first kappa shape index (κ1) is 22.9. The molecule has 0 atom stereocenters. The van der Waals surface area contributed by atoms with E-state index >= 15 is 0 Å². The average Bonchev–Trinajstić information content (AvgIpc) is 3.14. The van der Waals surface area contributed by atoms with Gasteiger partial charge in [0.15, 0.2) is 11.9 Å². The Morgan fingerprint density at radius 1 is 1.12 bits per heavy atom. The molecule has 9 heteroatoms. The molecule has 0 spiro atoms. The third-order valence-electron chi connectivity index (χ3n) is 5.03. The predicted octanol–water partition coefficient (Wildman–Crippen LogP) is 3.58. The second-order valence-corrected chi connectivity index (χ2v) is 8.75. The first-order valence-electron chi connectivity index (χ1n) is 10.1. The number of aromatic nitrogens is 2. The quantitative estimate of drug-likeness (QED) is 0.394. The van der Waals surface area contributed by atoms with Crippen molar-refractivity contribution in [2.24, 2.45) is 0 Å². The minimum Gasteiger partial charge on any atom is -0.479 e. The summed E-state index contributed by atoms with van der Waals surface area (Å²) < 4.78 is 33.7. The van der Waals surface area contributed by atoms with Crippen molar-refractivity contribution in [1.29, 1.82) is 10.5 Å². The highest BCUT2D eigenvalue weighted by molar-refractivity contribution is 7.89. The van der Waals surface area contributed by atoms with Crippen molar-refractivity contribution in [2.75, 3.05) is 7.11 Å². The zero-order valence-electron chi connectivity index (χ0n) is 17.9. The van der Waals surface area contributed by atoms with E-state index in [1.807, 2.05) is 33.6 Å². The van der Waals surface area contributed by atoms with Crippen LogP contribution in [0, 0.1) is 22.8 Å². The first-order chi connectivity index (χ1) is 15.4. The molecule has 164 valence electrons. The maximum atomic E-state index is 12.4. The van der Waals surface area contributed by atoms with Crippen LogP contribution in [0.5, 0.6) is 5.88 Å². The molecule has 2 aromatic carbocycles. The van der Waals surface area contributed by atoms with Gasteiger partial charge in [0.25, 0.3) is 15.9 Å². The summed E-state index contributed by atoms with van der Waals surface area (Å²) in [5, 5.41) is 18.4. The van der Waals surface area contributed by atoms with Crippen LogP contribution < -0.4 is 9.46 Å². The van der Waals surface area contributed by atoms with Gasteiger partial charge in [-0.25, -0.2) is 13.1 Å². The molecular formula is C23H23N5O3S. The standard InChI is InChI=1S/C23H23N5O3S/c1-3-4-9-22-27-23(31-2)20(14-24)28(22)15-17-10-12-18(13-11-17)19-7-5-6-8-21(19)32(29,30)26-16-25/h5-8,10-13,26H,3-4,9,15H2,1-2H3. The van der Waals surface area contributed by atoms with Gasteiger partial charge in [0.2, 0.25) is 0 Å². The summed E-state index contributed by atoms with van der Waals surface area (Å²) in [6.45, 7) is 2.53. The van der Waals surface area contributed by atoms with Crippen LogP contribution in [-0.2, 0) is 23.0 Å². The highest BCUT2D eigenvalue weighted by atomic mass is 32.2. The van der Waals surface area contributed by atoms with Crippen molar-refractivity contribution in [3.05, 3.63) is 65.6 Å². The van der Waals surface area contributed by atoms with Gasteiger partial charge in [-0.05, 0) is 23.6 Å². The molecule has 0 saturated carbocycles. The van der Waals surface area contributed by atoms with Crippen LogP contribution in [0.3, 0.4) is 0 Å². The van der Waals surface area contributed by atoms with Crippen LogP contribution in [-0.4, -0.2) is 25.1 Å². The van der Waals surface area contributed by atoms with Crippen LogP contribution in [0.4, 0.5) is 0 Å². The lowest BCUT2D eigenvalue weighted by atomic mass is 10.0. The molecule has 0 aliphatic rings. The Hall–Kier alpha value is -3.82. The molecule has 0 saturated heterocycles. The van der Waals surface area contributed by atoms with Crippen LogP contribution in [0.15, 0.2) is 53.4 Å². The summed E-state index contributed by atoms with van der Waals surface area (Å²) >= 11 is 0. The smallest absolute Gasteiger partial charge is 0.270 e. The number of benzene rings is 2. The minimum absolute atomic E-state index is 0.0299. The molecule has 8 nitrogen and oxygen atoms in total. The van der Waals surface area contributed by atoms with Crippen LogP contribution in [0.1, 0.15) is 36.8 Å². The number of unbranched alkanes of at least 4 members (excludes halogenated alkanes) is 1. The van der Waals surface area contributed by atoms with Crippen molar-refractivity contribution >= 4 is 10.0 Å². The number of nitrogens with zero attached hydrogens (tertiary/aromatic N) is 4.